The molecule has 3 N–H and O–H groups in total. The Morgan fingerprint density at radius 2 is 2.43 bits per heavy atom. The molecule has 7 heteroatoms. The van der Waals surface area contributed by atoms with Crippen LogP contribution in [0.5, 0.6) is 0 Å². The van der Waals surface area contributed by atoms with Crippen molar-refractivity contribution in [2.45, 2.75) is 25.2 Å². The van der Waals surface area contributed by atoms with Gasteiger partial charge in [0.15, 0.2) is 5.60 Å². The number of hydrogen-bond acceptors (Lipinski definition) is 5. The van der Waals surface area contributed by atoms with Gasteiger partial charge in [0, 0.05) is 15.7 Å². The molecule has 0 amide bonds. The Bertz CT molecular complexity index is 738. The summed E-state index contributed by atoms with van der Waals surface area (Å²) in [7, 11) is 0. The van der Waals surface area contributed by atoms with E-state index in [2.05, 4.69) is 38.5 Å². The van der Waals surface area contributed by atoms with Gasteiger partial charge in [0.05, 0.1) is 12.0 Å². The lowest BCUT2D eigenvalue weighted by atomic mass is 9.90. The number of nitrogen functional groups attached to an aromatic ring is 1. The van der Waals surface area contributed by atoms with Crippen molar-refractivity contribution in [3.63, 3.8) is 0 Å². The lowest BCUT2D eigenvalue weighted by Gasteiger charge is -2.24. The van der Waals surface area contributed by atoms with E-state index < -0.39 is 5.60 Å². The molecule has 1 fully saturated rings. The van der Waals surface area contributed by atoms with Crippen LogP contribution in [0.1, 0.15) is 19.6 Å². The molecule has 3 atom stereocenters. The van der Waals surface area contributed by atoms with Gasteiger partial charge < -0.3 is 20.1 Å². The molecule has 0 aliphatic carbocycles. The van der Waals surface area contributed by atoms with Crippen molar-refractivity contribution in [1.82, 2.24) is 14.5 Å². The first-order valence-electron chi connectivity index (χ1n) is 6.55. The van der Waals surface area contributed by atoms with Crippen LogP contribution < -0.4 is 5.73 Å². The van der Waals surface area contributed by atoms with Gasteiger partial charge in [-0.05, 0) is 29.0 Å². The van der Waals surface area contributed by atoms with E-state index in [-0.39, 0.29) is 18.8 Å². The van der Waals surface area contributed by atoms with Crippen LogP contribution in [-0.2, 0) is 4.74 Å². The summed E-state index contributed by atoms with van der Waals surface area (Å²) in [6, 6.07) is 0. The van der Waals surface area contributed by atoms with E-state index in [4.69, 9.17) is 16.9 Å². The summed E-state index contributed by atoms with van der Waals surface area (Å²) >= 11 is 2.20. The molecule has 3 heterocycles. The molecule has 0 saturated carbocycles. The number of ether oxygens (including phenoxy) is 1. The predicted molar refractivity (Wildman–Crippen MR) is 87.2 cm³/mol. The molecule has 110 valence electrons. The van der Waals surface area contributed by atoms with Gasteiger partial charge in [0.25, 0.3) is 0 Å². The molecule has 1 aliphatic heterocycles. The Labute approximate surface area is 135 Å². The van der Waals surface area contributed by atoms with E-state index in [9.17, 15) is 5.11 Å². The van der Waals surface area contributed by atoms with Crippen LogP contribution in [0, 0.1) is 21.8 Å². The Morgan fingerprint density at radius 1 is 1.67 bits per heavy atom. The Morgan fingerprint density at radius 3 is 3.05 bits per heavy atom. The van der Waals surface area contributed by atoms with Crippen LogP contribution in [0.4, 0.5) is 5.82 Å². The summed E-state index contributed by atoms with van der Waals surface area (Å²) in [6.45, 7) is 1.78. The van der Waals surface area contributed by atoms with Crippen molar-refractivity contribution >= 4 is 39.4 Å². The largest absolute Gasteiger partial charge is 0.392 e. The Hall–Kier alpha value is -1.37. The van der Waals surface area contributed by atoms with E-state index in [1.165, 1.54) is 6.33 Å². The van der Waals surface area contributed by atoms with Gasteiger partial charge in [0.1, 0.15) is 24.0 Å². The van der Waals surface area contributed by atoms with E-state index in [0.717, 1.165) is 14.6 Å². The summed E-state index contributed by atoms with van der Waals surface area (Å²) in [5.74, 6) is 3.09. The van der Waals surface area contributed by atoms with Gasteiger partial charge in [-0.15, -0.1) is 6.42 Å². The molecule has 21 heavy (non-hydrogen) atoms. The van der Waals surface area contributed by atoms with Crippen molar-refractivity contribution < 1.29 is 9.84 Å². The molecule has 1 aliphatic rings. The third kappa shape index (κ3) is 2.09. The molecule has 0 aromatic carbocycles. The maximum absolute atomic E-state index is 9.59. The number of nitrogens with zero attached hydrogens (tertiary/aromatic N) is 3. The molecule has 0 unspecified atom stereocenters. The molecule has 0 radical (unpaired) electrons. The van der Waals surface area contributed by atoms with Crippen LogP contribution in [-0.4, -0.2) is 31.8 Å². The summed E-state index contributed by atoms with van der Waals surface area (Å²) < 4.78 is 8.85. The molecular formula is C14H15IN4O2. The summed E-state index contributed by atoms with van der Waals surface area (Å²) in [4.78, 5) is 8.32. The minimum atomic E-state index is -0.939. The van der Waals surface area contributed by atoms with Crippen LogP contribution in [0.3, 0.4) is 0 Å². The molecule has 6 nitrogen and oxygen atoms in total. The van der Waals surface area contributed by atoms with Crippen LogP contribution >= 0.6 is 22.6 Å². The number of fused-ring (bicyclic) bond motifs is 1. The maximum Gasteiger partial charge on any atom is 0.156 e. The smallest absolute Gasteiger partial charge is 0.156 e. The zero-order valence-electron chi connectivity index (χ0n) is 11.5. The highest BCUT2D eigenvalue weighted by atomic mass is 127. The van der Waals surface area contributed by atoms with Gasteiger partial charge >= 0.3 is 0 Å². The number of nitrogens with two attached hydrogens (primary N) is 1. The van der Waals surface area contributed by atoms with Gasteiger partial charge in [-0.2, -0.15) is 0 Å². The summed E-state index contributed by atoms with van der Waals surface area (Å²) in [6.07, 6.45) is 9.35. The summed E-state index contributed by atoms with van der Waals surface area (Å²) in [5.41, 5.74) is 5.70. The average Bonchev–Trinajstić information content (AvgIpc) is 2.98. The second kappa shape index (κ2) is 5.12. The molecule has 3 rings (SSSR count). The van der Waals surface area contributed by atoms with Crippen molar-refractivity contribution in [2.24, 2.45) is 5.92 Å². The SMILES string of the molecule is C#C[C@]1(CO)O[C@@H](n2cc(I)c3c(N)ncnc32)C[C@@H]1C. The number of terminal acetylenes is 1. The highest BCUT2D eigenvalue weighted by molar-refractivity contribution is 14.1. The van der Waals surface area contributed by atoms with E-state index >= 15 is 0 Å². The second-order valence-corrected chi connectivity index (χ2v) is 6.41. The normalized spacial score (nSPS) is 28.9. The minimum Gasteiger partial charge on any atom is -0.392 e. The average molecular weight is 398 g/mol. The van der Waals surface area contributed by atoms with Gasteiger partial charge in [0.2, 0.25) is 0 Å². The fourth-order valence-corrected chi connectivity index (χ4v) is 3.58. The molecular weight excluding hydrogens is 383 g/mol. The Balaban J connectivity index is 2.08. The van der Waals surface area contributed by atoms with Crippen LogP contribution in [0.2, 0.25) is 0 Å². The first kappa shape index (κ1) is 14.6. The second-order valence-electron chi connectivity index (χ2n) is 5.24. The van der Waals surface area contributed by atoms with Gasteiger partial charge in [-0.1, -0.05) is 12.8 Å². The zero-order valence-corrected chi connectivity index (χ0v) is 13.6. The molecule has 2 aromatic heterocycles. The Kier molecular flexibility index (Phi) is 3.55. The summed E-state index contributed by atoms with van der Waals surface area (Å²) in [5, 5.41) is 10.4. The van der Waals surface area contributed by atoms with Gasteiger partial charge in [-0.25, -0.2) is 9.97 Å². The fourth-order valence-electron chi connectivity index (χ4n) is 2.77. The van der Waals surface area contributed by atoms with Crippen molar-refractivity contribution in [3.05, 3.63) is 16.1 Å². The number of halogens is 1. The highest BCUT2D eigenvalue weighted by Crippen LogP contribution is 2.42. The quantitative estimate of drug-likeness (QED) is 0.592. The van der Waals surface area contributed by atoms with Gasteiger partial charge in [-0.3, -0.25) is 0 Å². The molecule has 1 saturated heterocycles. The standard InChI is InChI=1S/C14H15IN4O2/c1-3-14(6-20)8(2)4-10(21-14)19-5-9(15)11-12(16)17-7-18-13(11)19/h1,5,7-8,10,20H,4,6H2,2H3,(H2,16,17,18)/t8-,10+,14+/m0/s1. The number of rotatable bonds is 2. The molecule has 0 spiro atoms. The van der Waals surface area contributed by atoms with Crippen molar-refractivity contribution in [3.8, 4) is 12.3 Å². The zero-order chi connectivity index (χ0) is 15.2. The first-order valence-corrected chi connectivity index (χ1v) is 7.63. The third-order valence-corrected chi connectivity index (χ3v) is 4.90. The van der Waals surface area contributed by atoms with Crippen LogP contribution in [0.25, 0.3) is 11.0 Å². The number of aliphatic hydroxyl groups excluding tert-OH is 1. The number of aliphatic hydroxyl groups is 1. The first-order chi connectivity index (χ1) is 10.0. The van der Waals surface area contributed by atoms with E-state index in [1.807, 2.05) is 17.7 Å². The fraction of sp³-hybridized carbons (Fsp3) is 0.429. The van der Waals surface area contributed by atoms with Crippen molar-refractivity contribution in [1.29, 1.82) is 0 Å². The lowest BCUT2D eigenvalue weighted by Crippen LogP contribution is -2.36. The monoisotopic (exact) mass is 398 g/mol. The van der Waals surface area contributed by atoms with E-state index in [1.54, 1.807) is 0 Å². The maximum atomic E-state index is 9.59. The third-order valence-electron chi connectivity index (χ3n) is 4.08. The predicted octanol–water partition coefficient (Wildman–Crippen LogP) is 1.54. The number of anilines is 1. The number of aromatic nitrogens is 3. The topological polar surface area (TPSA) is 86.2 Å². The number of hydrogen-bond donors (Lipinski definition) is 2. The highest BCUT2D eigenvalue weighted by Gasteiger charge is 2.45. The molecule has 2 aromatic rings. The van der Waals surface area contributed by atoms with Crippen LogP contribution in [0.15, 0.2) is 12.5 Å². The lowest BCUT2D eigenvalue weighted by molar-refractivity contribution is -0.0715. The van der Waals surface area contributed by atoms with Crippen molar-refractivity contribution in [2.75, 3.05) is 12.3 Å². The minimum absolute atomic E-state index is 0.0480. The molecule has 0 bridgehead atoms. The van der Waals surface area contributed by atoms with E-state index in [0.29, 0.717) is 12.2 Å².